The number of carboxylic acids is 1. The zero-order valence-electron chi connectivity index (χ0n) is 20.3. The number of benzene rings is 1. The second-order valence-electron chi connectivity index (χ2n) is 8.98. The zero-order valence-corrected chi connectivity index (χ0v) is 20.3. The Morgan fingerprint density at radius 3 is 2.71 bits per heavy atom. The van der Waals surface area contributed by atoms with Crippen molar-refractivity contribution in [1.82, 2.24) is 14.9 Å². The summed E-state index contributed by atoms with van der Waals surface area (Å²) in [6, 6.07) is 6.47. The number of hydrogen-bond donors (Lipinski definition) is 3. The third-order valence-electron chi connectivity index (χ3n) is 6.63. The first kappa shape index (κ1) is 24.9. The van der Waals surface area contributed by atoms with Crippen molar-refractivity contribution in [3.05, 3.63) is 56.9 Å². The predicted molar refractivity (Wildman–Crippen MR) is 130 cm³/mol. The molecule has 2 aromatic heterocycles. The molecule has 3 N–H and O–H groups in total. The van der Waals surface area contributed by atoms with Gasteiger partial charge in [-0.05, 0) is 36.2 Å². The summed E-state index contributed by atoms with van der Waals surface area (Å²) in [5.41, 5.74) is 3.43. The molecule has 3 aromatic rings. The average Bonchev–Trinajstić information content (AvgIpc) is 3.25. The summed E-state index contributed by atoms with van der Waals surface area (Å²) in [7, 11) is 0. The molecule has 2 aliphatic rings. The monoisotopic (exact) mass is 521 g/mol. The molecule has 0 fully saturated rings. The van der Waals surface area contributed by atoms with E-state index >= 15 is 0 Å². The molecule has 0 bridgehead atoms. The maximum Gasteiger partial charge on any atom is 0.352 e. The van der Waals surface area contributed by atoms with Gasteiger partial charge < -0.3 is 29.6 Å². The number of amides is 1. The zero-order chi connectivity index (χ0) is 27.1. The molecule has 1 amide bonds. The lowest BCUT2D eigenvalue weighted by molar-refractivity contribution is -0.171. The van der Waals surface area contributed by atoms with Crippen LogP contribution < -0.4 is 10.9 Å². The van der Waals surface area contributed by atoms with Gasteiger partial charge in [-0.1, -0.05) is 6.92 Å². The second kappa shape index (κ2) is 9.61. The first-order chi connectivity index (χ1) is 18.2. The van der Waals surface area contributed by atoms with Crippen LogP contribution in [0, 0.1) is 0 Å². The Morgan fingerprint density at radius 2 is 1.97 bits per heavy atom. The molecule has 0 aliphatic carbocycles. The van der Waals surface area contributed by atoms with Crippen molar-refractivity contribution in [2.45, 2.75) is 45.4 Å². The first-order valence-electron chi connectivity index (χ1n) is 11.9. The molecule has 2 aliphatic heterocycles. The number of carbonyl (C=O) groups is 4. The van der Waals surface area contributed by atoms with Crippen molar-refractivity contribution in [2.75, 3.05) is 6.54 Å². The van der Waals surface area contributed by atoms with E-state index in [0.29, 0.717) is 23.3 Å². The Labute approximate surface area is 214 Å². The number of aryl methyl sites for hydroxylation is 1. The molecule has 196 valence electrons. The van der Waals surface area contributed by atoms with Crippen LogP contribution in [-0.4, -0.2) is 50.1 Å². The molecule has 38 heavy (non-hydrogen) atoms. The minimum absolute atomic E-state index is 0.108. The van der Waals surface area contributed by atoms with E-state index in [1.165, 1.54) is 6.07 Å². The lowest BCUT2D eigenvalue weighted by Gasteiger charge is -2.25. The van der Waals surface area contributed by atoms with Crippen LogP contribution in [0.4, 0.5) is 0 Å². The van der Waals surface area contributed by atoms with E-state index in [0.717, 1.165) is 16.5 Å². The van der Waals surface area contributed by atoms with Gasteiger partial charge in [0, 0.05) is 22.9 Å². The molecule has 4 heterocycles. The van der Waals surface area contributed by atoms with Gasteiger partial charge in [0.2, 0.25) is 12.0 Å². The molecule has 12 nitrogen and oxygen atoms in total. The highest BCUT2D eigenvalue weighted by Crippen LogP contribution is 2.39. The minimum atomic E-state index is -1.50. The lowest BCUT2D eigenvalue weighted by atomic mass is 9.97. The van der Waals surface area contributed by atoms with E-state index in [9.17, 15) is 29.1 Å². The standard InChI is InChI=1S/C26H23N3O9/c1-2-13-14-7-12(30)3-4-18(14)28-23-16(13)10-29-19(23)8-15-17(25(29)35)11-37-26(36)24(15)38-22(34)6-5-20(31)27-9-21(32)33/h3-4,7-8,24,30H,2,5-6,9-11H2,1H3,(H,27,31)(H,32,33). The van der Waals surface area contributed by atoms with Gasteiger partial charge in [-0.15, -0.1) is 0 Å². The number of cyclic esters (lactones) is 1. The van der Waals surface area contributed by atoms with Gasteiger partial charge in [0.15, 0.2) is 0 Å². The third kappa shape index (κ3) is 4.33. The number of aromatic nitrogens is 2. The fraction of sp³-hybridized carbons (Fsp3) is 0.308. The summed E-state index contributed by atoms with van der Waals surface area (Å²) >= 11 is 0. The number of phenols is 1. The van der Waals surface area contributed by atoms with E-state index in [2.05, 4.69) is 5.32 Å². The van der Waals surface area contributed by atoms with Crippen molar-refractivity contribution < 1.29 is 38.9 Å². The van der Waals surface area contributed by atoms with Gasteiger partial charge in [0.1, 0.15) is 18.9 Å². The topological polar surface area (TPSA) is 174 Å². The number of esters is 2. The average molecular weight is 521 g/mol. The smallest absolute Gasteiger partial charge is 0.352 e. The molecule has 0 radical (unpaired) electrons. The number of hydrogen-bond acceptors (Lipinski definition) is 9. The highest BCUT2D eigenvalue weighted by atomic mass is 16.6. The maximum absolute atomic E-state index is 13.5. The van der Waals surface area contributed by atoms with Gasteiger partial charge in [0.25, 0.3) is 5.56 Å². The summed E-state index contributed by atoms with van der Waals surface area (Å²) in [5.74, 6) is -3.52. The first-order valence-corrected chi connectivity index (χ1v) is 11.9. The number of carbonyl (C=O) groups excluding carboxylic acids is 3. The summed E-state index contributed by atoms with van der Waals surface area (Å²) in [5, 5.41) is 21.5. The quantitative estimate of drug-likeness (QED) is 0.301. The van der Waals surface area contributed by atoms with E-state index in [4.69, 9.17) is 19.6 Å². The van der Waals surface area contributed by atoms with Crippen LogP contribution in [-0.2, 0) is 48.2 Å². The van der Waals surface area contributed by atoms with Crippen LogP contribution >= 0.6 is 0 Å². The summed E-state index contributed by atoms with van der Waals surface area (Å²) in [6.45, 7) is 1.36. The SMILES string of the molecule is CCc1c2c(nc3ccc(O)cc13)-c1cc3c(c(=O)n1C2)COC(=O)C3OC(=O)CCC(=O)NCC(=O)O. The molecule has 1 unspecified atom stereocenters. The predicted octanol–water partition coefficient (Wildman–Crippen LogP) is 1.32. The Bertz CT molecular complexity index is 1590. The van der Waals surface area contributed by atoms with Crippen LogP contribution in [0.2, 0.25) is 0 Å². The summed E-state index contributed by atoms with van der Waals surface area (Å²) < 4.78 is 12.0. The molecule has 1 atom stereocenters. The van der Waals surface area contributed by atoms with Crippen molar-refractivity contribution in [3.63, 3.8) is 0 Å². The molecule has 0 saturated heterocycles. The largest absolute Gasteiger partial charge is 0.508 e. The fourth-order valence-electron chi connectivity index (χ4n) is 4.87. The van der Waals surface area contributed by atoms with Crippen molar-refractivity contribution >= 4 is 34.7 Å². The molecular weight excluding hydrogens is 498 g/mol. The third-order valence-corrected chi connectivity index (χ3v) is 6.63. The van der Waals surface area contributed by atoms with Crippen LogP contribution in [0.3, 0.4) is 0 Å². The molecule has 0 spiro atoms. The van der Waals surface area contributed by atoms with Crippen molar-refractivity contribution in [1.29, 1.82) is 0 Å². The van der Waals surface area contributed by atoms with Gasteiger partial charge >= 0.3 is 17.9 Å². The number of nitrogens with zero attached hydrogens (tertiary/aromatic N) is 2. The number of fused-ring (bicyclic) bond motifs is 5. The second-order valence-corrected chi connectivity index (χ2v) is 8.98. The van der Waals surface area contributed by atoms with Crippen LogP contribution in [0.1, 0.15) is 48.1 Å². The number of aromatic hydroxyl groups is 1. The maximum atomic E-state index is 13.5. The van der Waals surface area contributed by atoms with Crippen molar-refractivity contribution in [3.8, 4) is 17.1 Å². The highest BCUT2D eigenvalue weighted by molar-refractivity contribution is 5.90. The van der Waals surface area contributed by atoms with Crippen LogP contribution in [0.15, 0.2) is 29.1 Å². The minimum Gasteiger partial charge on any atom is -0.508 e. The Kier molecular flexibility index (Phi) is 6.31. The molecule has 1 aromatic carbocycles. The van der Waals surface area contributed by atoms with E-state index < -0.39 is 48.4 Å². The summed E-state index contributed by atoms with van der Waals surface area (Å²) in [6.07, 6.45) is -1.61. The van der Waals surface area contributed by atoms with Gasteiger partial charge in [-0.2, -0.15) is 0 Å². The van der Waals surface area contributed by atoms with E-state index in [1.54, 1.807) is 22.8 Å². The van der Waals surface area contributed by atoms with E-state index in [-0.39, 0.29) is 36.4 Å². The van der Waals surface area contributed by atoms with Gasteiger partial charge in [-0.3, -0.25) is 19.2 Å². The number of aliphatic carboxylic acids is 1. The number of pyridine rings is 2. The van der Waals surface area contributed by atoms with E-state index in [1.807, 2.05) is 6.92 Å². The number of nitrogens with one attached hydrogen (secondary N) is 1. The van der Waals surface area contributed by atoms with Gasteiger partial charge in [-0.25, -0.2) is 9.78 Å². The molecule has 0 saturated carbocycles. The lowest BCUT2D eigenvalue weighted by Crippen LogP contribution is -2.34. The van der Waals surface area contributed by atoms with Crippen LogP contribution in [0.5, 0.6) is 5.75 Å². The molecular formula is C26H23N3O9. The molecule has 12 heteroatoms. The van der Waals surface area contributed by atoms with Gasteiger partial charge in [0.05, 0.1) is 35.4 Å². The number of carboxylic acid groups (broad SMARTS) is 1. The number of phenolic OH excluding ortho intramolecular Hbond substituents is 1. The summed E-state index contributed by atoms with van der Waals surface area (Å²) in [4.78, 5) is 65.5. The Balaban J connectivity index is 1.48. The number of ether oxygens (including phenoxy) is 2. The van der Waals surface area contributed by atoms with Crippen molar-refractivity contribution in [2.24, 2.45) is 0 Å². The Hall–Kier alpha value is -4.74. The molecule has 5 rings (SSSR count). The fourth-order valence-corrected chi connectivity index (χ4v) is 4.87. The normalized spacial score (nSPS) is 15.3. The van der Waals surface area contributed by atoms with Crippen LogP contribution in [0.25, 0.3) is 22.3 Å². The highest BCUT2D eigenvalue weighted by Gasteiger charge is 2.38. The number of rotatable bonds is 7. The Morgan fingerprint density at radius 1 is 1.18 bits per heavy atom.